The van der Waals surface area contributed by atoms with Gasteiger partial charge in [-0.1, -0.05) is 29.3 Å². The van der Waals surface area contributed by atoms with Crippen LogP contribution in [-0.2, 0) is 11.2 Å². The van der Waals surface area contributed by atoms with Crippen molar-refractivity contribution in [2.24, 2.45) is 0 Å². The SMILES string of the molecule is Cc1cc(N2CCN(C(=O)OC(C)(C)C)CC2)cc(C)c1Nc1nc(Cc2c(Cl)cccc2Cl)cc2cn[nH]c(=O)c12. The molecule has 1 amide bonds. The van der Waals surface area contributed by atoms with Gasteiger partial charge in [-0.05, 0) is 81.6 Å². The third-order valence-electron chi connectivity index (χ3n) is 7.18. The Bertz CT molecular complexity index is 1660. The summed E-state index contributed by atoms with van der Waals surface area (Å²) < 4.78 is 5.53. The van der Waals surface area contributed by atoms with E-state index < -0.39 is 5.60 Å². The number of nitrogens with zero attached hydrogens (tertiary/aromatic N) is 4. The average Bonchev–Trinajstić information content (AvgIpc) is 2.92. The zero-order valence-electron chi connectivity index (χ0n) is 24.3. The van der Waals surface area contributed by atoms with Crippen LogP contribution in [0.3, 0.4) is 0 Å². The van der Waals surface area contributed by atoms with Gasteiger partial charge in [0.1, 0.15) is 11.4 Å². The lowest BCUT2D eigenvalue weighted by Crippen LogP contribution is -2.50. The third kappa shape index (κ3) is 6.47. The van der Waals surface area contributed by atoms with Crippen LogP contribution in [0.2, 0.25) is 10.0 Å². The monoisotopic (exact) mass is 608 g/mol. The van der Waals surface area contributed by atoms with Crippen LogP contribution in [0, 0.1) is 13.8 Å². The number of carbonyl (C=O) groups is 1. The number of amides is 1. The van der Waals surface area contributed by atoms with Crippen molar-refractivity contribution in [3.63, 3.8) is 0 Å². The van der Waals surface area contributed by atoms with Crippen molar-refractivity contribution < 1.29 is 9.53 Å². The fraction of sp³-hybridized carbons (Fsp3) is 0.355. The molecular weight excluding hydrogens is 575 g/mol. The highest BCUT2D eigenvalue weighted by Gasteiger charge is 2.26. The number of nitrogens with one attached hydrogen (secondary N) is 2. The molecule has 4 aromatic rings. The topological polar surface area (TPSA) is 103 Å². The van der Waals surface area contributed by atoms with E-state index in [2.05, 4.69) is 32.5 Å². The molecule has 11 heteroatoms. The maximum absolute atomic E-state index is 12.9. The van der Waals surface area contributed by atoms with E-state index in [9.17, 15) is 9.59 Å². The van der Waals surface area contributed by atoms with Gasteiger partial charge in [0.05, 0.1) is 11.6 Å². The number of fused-ring (bicyclic) bond motifs is 1. The standard InChI is InChI=1S/C31H34Cl2N6O3/c1-18-13-22(38-9-11-39(12-10-38)30(41)42-31(3,4)5)14-19(2)27(18)36-28-26-20(17-34-37-29(26)40)15-21(35-28)16-23-24(32)7-6-8-25(23)33/h6-8,13-15,17H,9-12,16H2,1-5H3,(H,35,36)(H,37,40). The van der Waals surface area contributed by atoms with Crippen molar-refractivity contribution in [1.29, 1.82) is 0 Å². The van der Waals surface area contributed by atoms with Crippen molar-refractivity contribution in [2.75, 3.05) is 36.4 Å². The summed E-state index contributed by atoms with van der Waals surface area (Å²) in [6, 6.07) is 11.4. The average molecular weight is 610 g/mol. The molecule has 1 fully saturated rings. The molecule has 42 heavy (non-hydrogen) atoms. The number of ether oxygens (including phenoxy) is 1. The van der Waals surface area contributed by atoms with Crippen molar-refractivity contribution in [2.45, 2.75) is 46.6 Å². The number of carbonyl (C=O) groups excluding carboxylic acids is 1. The Hall–Kier alpha value is -3.82. The number of hydrogen-bond donors (Lipinski definition) is 2. The highest BCUT2D eigenvalue weighted by Crippen LogP contribution is 2.33. The predicted molar refractivity (Wildman–Crippen MR) is 169 cm³/mol. The summed E-state index contributed by atoms with van der Waals surface area (Å²) in [7, 11) is 0. The molecule has 9 nitrogen and oxygen atoms in total. The molecule has 5 rings (SSSR count). The fourth-order valence-corrected chi connectivity index (χ4v) is 5.68. The van der Waals surface area contributed by atoms with E-state index in [-0.39, 0.29) is 11.7 Å². The molecule has 0 saturated carbocycles. The van der Waals surface area contributed by atoms with E-state index in [4.69, 9.17) is 32.9 Å². The summed E-state index contributed by atoms with van der Waals surface area (Å²) in [6.45, 7) is 12.2. The lowest BCUT2D eigenvalue weighted by atomic mass is 10.0. The van der Waals surface area contributed by atoms with Gasteiger partial charge in [0.15, 0.2) is 0 Å². The second kappa shape index (κ2) is 11.8. The zero-order chi connectivity index (χ0) is 30.2. The van der Waals surface area contributed by atoms with Gasteiger partial charge in [-0.25, -0.2) is 14.9 Å². The normalized spacial score (nSPS) is 13.9. The molecule has 0 unspecified atom stereocenters. The quantitative estimate of drug-likeness (QED) is 0.262. The Labute approximate surface area is 254 Å². The van der Waals surface area contributed by atoms with Crippen molar-refractivity contribution in [3.8, 4) is 0 Å². The summed E-state index contributed by atoms with van der Waals surface area (Å²) in [6.07, 6.45) is 1.72. The van der Waals surface area contributed by atoms with Gasteiger partial charge >= 0.3 is 6.09 Å². The Morgan fingerprint density at radius 2 is 1.69 bits per heavy atom. The summed E-state index contributed by atoms with van der Waals surface area (Å²) in [4.78, 5) is 34.2. The van der Waals surface area contributed by atoms with Crippen LogP contribution in [-0.4, -0.2) is 58.0 Å². The van der Waals surface area contributed by atoms with Crippen LogP contribution in [0.1, 0.15) is 43.2 Å². The van der Waals surface area contributed by atoms with Gasteiger partial charge in [0.2, 0.25) is 0 Å². The minimum atomic E-state index is -0.520. The Morgan fingerprint density at radius 1 is 1.05 bits per heavy atom. The van der Waals surface area contributed by atoms with Crippen molar-refractivity contribution in [3.05, 3.63) is 85.4 Å². The van der Waals surface area contributed by atoms with Gasteiger partial charge in [0.25, 0.3) is 5.56 Å². The van der Waals surface area contributed by atoms with Gasteiger partial charge in [-0.3, -0.25) is 4.79 Å². The molecule has 1 aliphatic heterocycles. The molecule has 0 aliphatic carbocycles. The van der Waals surface area contributed by atoms with E-state index in [1.165, 1.54) is 0 Å². The van der Waals surface area contributed by atoms with Gasteiger partial charge < -0.3 is 19.9 Å². The van der Waals surface area contributed by atoms with Gasteiger partial charge in [0, 0.05) is 65.1 Å². The second-order valence-electron chi connectivity index (χ2n) is 11.5. The van der Waals surface area contributed by atoms with Crippen LogP contribution < -0.4 is 15.8 Å². The molecule has 220 valence electrons. The minimum Gasteiger partial charge on any atom is -0.444 e. The predicted octanol–water partition coefficient (Wildman–Crippen LogP) is 6.63. The Kier molecular flexibility index (Phi) is 8.35. The molecular formula is C31H34Cl2N6O3. The lowest BCUT2D eigenvalue weighted by molar-refractivity contribution is 0.0240. The molecule has 0 spiro atoms. The number of pyridine rings is 1. The van der Waals surface area contributed by atoms with E-state index in [1.807, 2.05) is 40.7 Å². The van der Waals surface area contributed by atoms with E-state index in [0.29, 0.717) is 64.9 Å². The molecule has 2 N–H and O–H groups in total. The number of H-pyrrole nitrogens is 1. The van der Waals surface area contributed by atoms with Gasteiger partial charge in [-0.2, -0.15) is 5.10 Å². The second-order valence-corrected chi connectivity index (χ2v) is 12.4. The molecule has 0 atom stereocenters. The first-order chi connectivity index (χ1) is 19.9. The molecule has 0 radical (unpaired) electrons. The maximum atomic E-state index is 12.9. The number of aromatic nitrogens is 3. The molecule has 2 aromatic heterocycles. The number of benzene rings is 2. The number of halogens is 2. The largest absolute Gasteiger partial charge is 0.444 e. The summed E-state index contributed by atoms with van der Waals surface area (Å²) in [5.74, 6) is 0.430. The molecule has 1 saturated heterocycles. The fourth-order valence-electron chi connectivity index (χ4n) is 5.15. The van der Waals surface area contributed by atoms with Crippen LogP contribution in [0.5, 0.6) is 0 Å². The number of anilines is 3. The first-order valence-corrected chi connectivity index (χ1v) is 14.6. The zero-order valence-corrected chi connectivity index (χ0v) is 25.9. The van der Waals surface area contributed by atoms with Crippen LogP contribution in [0.25, 0.3) is 10.8 Å². The first kappa shape index (κ1) is 29.7. The maximum Gasteiger partial charge on any atom is 0.410 e. The number of hydrogen-bond acceptors (Lipinski definition) is 7. The minimum absolute atomic E-state index is 0.280. The van der Waals surface area contributed by atoms with Gasteiger partial charge in [-0.15, -0.1) is 0 Å². The van der Waals surface area contributed by atoms with Crippen molar-refractivity contribution in [1.82, 2.24) is 20.1 Å². The smallest absolute Gasteiger partial charge is 0.410 e. The molecule has 1 aliphatic rings. The lowest BCUT2D eigenvalue weighted by Gasteiger charge is -2.37. The molecule has 0 bridgehead atoms. The first-order valence-electron chi connectivity index (χ1n) is 13.8. The number of piperazine rings is 1. The van der Waals surface area contributed by atoms with Crippen molar-refractivity contribution >= 4 is 57.3 Å². The van der Waals surface area contributed by atoms with E-state index in [0.717, 1.165) is 28.1 Å². The third-order valence-corrected chi connectivity index (χ3v) is 7.88. The number of aryl methyl sites for hydroxylation is 2. The summed E-state index contributed by atoms with van der Waals surface area (Å²) >= 11 is 12.9. The highest BCUT2D eigenvalue weighted by atomic mass is 35.5. The Balaban J connectivity index is 1.41. The number of rotatable bonds is 5. The van der Waals surface area contributed by atoms with Crippen LogP contribution in [0.15, 0.2) is 47.4 Å². The summed E-state index contributed by atoms with van der Waals surface area (Å²) in [5, 5.41) is 12.1. The summed E-state index contributed by atoms with van der Waals surface area (Å²) in [5.41, 5.74) is 4.54. The van der Waals surface area contributed by atoms with E-state index in [1.54, 1.807) is 29.3 Å². The molecule has 3 heterocycles. The van der Waals surface area contributed by atoms with E-state index >= 15 is 0 Å². The van der Waals surface area contributed by atoms with Crippen LogP contribution >= 0.6 is 23.2 Å². The Morgan fingerprint density at radius 3 is 2.31 bits per heavy atom. The number of aromatic amines is 1. The van der Waals surface area contributed by atoms with Crippen LogP contribution in [0.4, 0.5) is 22.0 Å². The molecule has 2 aromatic carbocycles. The highest BCUT2D eigenvalue weighted by molar-refractivity contribution is 6.36.